The summed E-state index contributed by atoms with van der Waals surface area (Å²) in [6.45, 7) is 3.62. The van der Waals surface area contributed by atoms with E-state index >= 15 is 0 Å². The number of aromatic nitrogens is 2. The fourth-order valence-corrected chi connectivity index (χ4v) is 1.60. The fraction of sp³-hybridized carbons (Fsp3) is 0.300. The second-order valence-electron chi connectivity index (χ2n) is 3.02. The van der Waals surface area contributed by atoms with Crippen LogP contribution >= 0.6 is 0 Å². The minimum absolute atomic E-state index is 0.579. The summed E-state index contributed by atoms with van der Waals surface area (Å²) < 4.78 is 2.12. The lowest BCUT2D eigenvalue weighted by Crippen LogP contribution is -1.95. The monoisotopic (exact) mass is 175 g/mol. The summed E-state index contributed by atoms with van der Waals surface area (Å²) in [5.74, 6) is 0. The molecule has 0 aliphatic rings. The zero-order valence-corrected chi connectivity index (χ0v) is 7.70. The quantitative estimate of drug-likeness (QED) is 0.752. The van der Waals surface area contributed by atoms with Gasteiger partial charge in [-0.3, -0.25) is 0 Å². The van der Waals surface area contributed by atoms with E-state index in [1.165, 1.54) is 10.9 Å². The first-order chi connectivity index (χ1) is 6.36. The molecule has 0 saturated heterocycles. The van der Waals surface area contributed by atoms with Gasteiger partial charge in [0.15, 0.2) is 0 Å². The average molecular weight is 175 g/mol. The molecule has 0 radical (unpaired) electrons. The molecule has 2 N–H and O–H groups in total. The molecule has 0 spiro atoms. The van der Waals surface area contributed by atoms with Gasteiger partial charge in [0.1, 0.15) is 5.65 Å². The molecule has 0 aliphatic heterocycles. The third-order valence-electron chi connectivity index (χ3n) is 2.28. The SMILES string of the molecule is CCn1cc(CN)c2cccnc21. The van der Waals surface area contributed by atoms with Crippen molar-refractivity contribution in [1.29, 1.82) is 0 Å². The highest BCUT2D eigenvalue weighted by Gasteiger charge is 2.05. The Morgan fingerprint density at radius 1 is 1.54 bits per heavy atom. The first kappa shape index (κ1) is 8.26. The van der Waals surface area contributed by atoms with Crippen molar-refractivity contribution in [2.75, 3.05) is 0 Å². The molecule has 2 rings (SSSR count). The fourth-order valence-electron chi connectivity index (χ4n) is 1.60. The van der Waals surface area contributed by atoms with Crippen LogP contribution in [0.15, 0.2) is 24.5 Å². The van der Waals surface area contributed by atoms with Crippen LogP contribution in [-0.4, -0.2) is 9.55 Å². The van der Waals surface area contributed by atoms with Crippen LogP contribution in [0.4, 0.5) is 0 Å². The molecule has 68 valence electrons. The summed E-state index contributed by atoms with van der Waals surface area (Å²) in [6, 6.07) is 4.01. The third-order valence-corrected chi connectivity index (χ3v) is 2.28. The lowest BCUT2D eigenvalue weighted by atomic mass is 10.2. The molecule has 3 nitrogen and oxygen atoms in total. The Hall–Kier alpha value is -1.35. The van der Waals surface area contributed by atoms with Crippen molar-refractivity contribution in [3.8, 4) is 0 Å². The highest BCUT2D eigenvalue weighted by molar-refractivity contribution is 5.80. The van der Waals surface area contributed by atoms with Crippen molar-refractivity contribution in [2.45, 2.75) is 20.0 Å². The molecule has 13 heavy (non-hydrogen) atoms. The first-order valence-electron chi connectivity index (χ1n) is 4.49. The number of nitrogens with two attached hydrogens (primary N) is 1. The van der Waals surface area contributed by atoms with Crippen LogP contribution < -0.4 is 5.73 Å². The van der Waals surface area contributed by atoms with E-state index in [9.17, 15) is 0 Å². The van der Waals surface area contributed by atoms with E-state index in [-0.39, 0.29) is 0 Å². The summed E-state index contributed by atoms with van der Waals surface area (Å²) in [6.07, 6.45) is 3.90. The van der Waals surface area contributed by atoms with Gasteiger partial charge < -0.3 is 10.3 Å². The Morgan fingerprint density at radius 2 is 2.38 bits per heavy atom. The van der Waals surface area contributed by atoms with Crippen LogP contribution in [-0.2, 0) is 13.1 Å². The maximum Gasteiger partial charge on any atom is 0.140 e. The Labute approximate surface area is 77.2 Å². The van der Waals surface area contributed by atoms with E-state index < -0.39 is 0 Å². The Kier molecular flexibility index (Phi) is 2.02. The molecule has 0 aliphatic carbocycles. The molecule has 2 aromatic heterocycles. The van der Waals surface area contributed by atoms with Gasteiger partial charge in [0.05, 0.1) is 0 Å². The van der Waals surface area contributed by atoms with Crippen molar-refractivity contribution >= 4 is 11.0 Å². The lowest BCUT2D eigenvalue weighted by Gasteiger charge is -1.96. The Morgan fingerprint density at radius 3 is 3.08 bits per heavy atom. The normalized spacial score (nSPS) is 10.9. The summed E-state index contributed by atoms with van der Waals surface area (Å²) >= 11 is 0. The minimum Gasteiger partial charge on any atom is -0.332 e. The van der Waals surface area contributed by atoms with Crippen LogP contribution in [0.3, 0.4) is 0 Å². The van der Waals surface area contributed by atoms with Gasteiger partial charge >= 0.3 is 0 Å². The maximum absolute atomic E-state index is 5.64. The molecule has 0 saturated carbocycles. The zero-order chi connectivity index (χ0) is 9.26. The van der Waals surface area contributed by atoms with Crippen molar-refractivity contribution in [3.63, 3.8) is 0 Å². The van der Waals surface area contributed by atoms with E-state index in [2.05, 4.69) is 28.7 Å². The van der Waals surface area contributed by atoms with Gasteiger partial charge in [-0.2, -0.15) is 0 Å². The Balaban J connectivity index is 2.74. The number of aryl methyl sites for hydroxylation is 1. The van der Waals surface area contributed by atoms with E-state index in [0.29, 0.717) is 6.54 Å². The van der Waals surface area contributed by atoms with Gasteiger partial charge in [0, 0.05) is 30.9 Å². The summed E-state index contributed by atoms with van der Waals surface area (Å²) in [7, 11) is 0. The second kappa shape index (κ2) is 3.18. The third kappa shape index (κ3) is 1.21. The van der Waals surface area contributed by atoms with Crippen molar-refractivity contribution in [3.05, 3.63) is 30.1 Å². The molecule has 2 heterocycles. The predicted octanol–water partition coefficient (Wildman–Crippen LogP) is 1.51. The predicted molar refractivity (Wildman–Crippen MR) is 53.3 cm³/mol. The van der Waals surface area contributed by atoms with E-state index in [1.807, 2.05) is 12.3 Å². The van der Waals surface area contributed by atoms with Gasteiger partial charge in [0.2, 0.25) is 0 Å². The number of nitrogens with zero attached hydrogens (tertiary/aromatic N) is 2. The van der Waals surface area contributed by atoms with Gasteiger partial charge in [-0.15, -0.1) is 0 Å². The number of hydrogen-bond donors (Lipinski definition) is 1. The van der Waals surface area contributed by atoms with Crippen LogP contribution in [0.25, 0.3) is 11.0 Å². The molecule has 0 aromatic carbocycles. The highest BCUT2D eigenvalue weighted by Crippen LogP contribution is 2.18. The smallest absolute Gasteiger partial charge is 0.140 e. The van der Waals surface area contributed by atoms with Gasteiger partial charge in [0.25, 0.3) is 0 Å². The molecular weight excluding hydrogens is 162 g/mol. The van der Waals surface area contributed by atoms with E-state index in [0.717, 1.165) is 12.2 Å². The minimum atomic E-state index is 0.579. The second-order valence-corrected chi connectivity index (χ2v) is 3.02. The largest absolute Gasteiger partial charge is 0.332 e. The van der Waals surface area contributed by atoms with E-state index in [4.69, 9.17) is 5.73 Å². The molecule has 0 fully saturated rings. The summed E-state index contributed by atoms with van der Waals surface area (Å²) in [4.78, 5) is 4.33. The number of rotatable bonds is 2. The molecule has 0 bridgehead atoms. The van der Waals surface area contributed by atoms with Crippen molar-refractivity contribution in [2.24, 2.45) is 5.73 Å². The van der Waals surface area contributed by atoms with Crippen LogP contribution in [0.2, 0.25) is 0 Å². The summed E-state index contributed by atoms with van der Waals surface area (Å²) in [5.41, 5.74) is 7.85. The number of hydrogen-bond acceptors (Lipinski definition) is 2. The van der Waals surface area contributed by atoms with Gasteiger partial charge in [-0.25, -0.2) is 4.98 Å². The Bertz CT molecular complexity index is 379. The first-order valence-corrected chi connectivity index (χ1v) is 4.49. The van der Waals surface area contributed by atoms with Gasteiger partial charge in [-0.1, -0.05) is 0 Å². The molecule has 0 atom stereocenters. The molecule has 3 heteroatoms. The molecule has 0 amide bonds. The van der Waals surface area contributed by atoms with Crippen molar-refractivity contribution in [1.82, 2.24) is 9.55 Å². The standard InChI is InChI=1S/C10H13N3/c1-2-13-7-8(6-11)9-4-3-5-12-10(9)13/h3-5,7H,2,6,11H2,1H3. The van der Waals surface area contributed by atoms with E-state index in [1.54, 1.807) is 0 Å². The van der Waals surface area contributed by atoms with Crippen LogP contribution in [0.5, 0.6) is 0 Å². The molecule has 0 unspecified atom stereocenters. The van der Waals surface area contributed by atoms with Crippen LogP contribution in [0.1, 0.15) is 12.5 Å². The maximum atomic E-state index is 5.64. The lowest BCUT2D eigenvalue weighted by molar-refractivity contribution is 0.782. The average Bonchev–Trinajstić information content (AvgIpc) is 2.56. The topological polar surface area (TPSA) is 43.8 Å². The zero-order valence-electron chi connectivity index (χ0n) is 7.70. The molecule has 2 aromatic rings. The number of fused-ring (bicyclic) bond motifs is 1. The summed E-state index contributed by atoms with van der Waals surface area (Å²) in [5, 5.41) is 1.17. The highest BCUT2D eigenvalue weighted by atomic mass is 15.0. The molecular formula is C10H13N3. The number of pyridine rings is 1. The van der Waals surface area contributed by atoms with Crippen molar-refractivity contribution < 1.29 is 0 Å². The van der Waals surface area contributed by atoms with Crippen LogP contribution in [0, 0.1) is 0 Å². The van der Waals surface area contributed by atoms with Gasteiger partial charge in [-0.05, 0) is 24.6 Å².